The molecule has 0 saturated heterocycles. The number of hydrogen-bond donors (Lipinski definition) is 1. The number of nitrogens with zero attached hydrogens (tertiary/aromatic N) is 3. The summed E-state index contributed by atoms with van der Waals surface area (Å²) in [5.41, 5.74) is 0.937. The van der Waals surface area contributed by atoms with Gasteiger partial charge in [0.2, 0.25) is 5.82 Å². The lowest BCUT2D eigenvalue weighted by Gasteiger charge is -2.01. The van der Waals surface area contributed by atoms with Crippen LogP contribution in [0.4, 0.5) is 5.82 Å². The topological polar surface area (TPSA) is 61.6 Å². The summed E-state index contributed by atoms with van der Waals surface area (Å²) in [6, 6.07) is 1.87. The van der Waals surface area contributed by atoms with Crippen molar-refractivity contribution in [3.8, 4) is 6.07 Å². The Morgan fingerprint density at radius 2 is 2.36 bits per heavy atom. The molecule has 1 aromatic rings. The molecular weight excluding hydrogens is 140 g/mol. The van der Waals surface area contributed by atoms with Gasteiger partial charge in [0.25, 0.3) is 0 Å². The highest BCUT2D eigenvalue weighted by Gasteiger charge is 1.99. The Morgan fingerprint density at radius 3 is 2.91 bits per heavy atom. The van der Waals surface area contributed by atoms with Gasteiger partial charge in [0.15, 0.2) is 0 Å². The van der Waals surface area contributed by atoms with E-state index in [2.05, 4.69) is 15.3 Å². The molecule has 0 fully saturated rings. The van der Waals surface area contributed by atoms with Crippen LogP contribution in [0.1, 0.15) is 11.4 Å². The monoisotopic (exact) mass is 148 g/mol. The minimum atomic E-state index is 0.194. The fraction of sp³-hybridized carbons (Fsp3) is 0.286. The zero-order valence-corrected chi connectivity index (χ0v) is 6.42. The zero-order chi connectivity index (χ0) is 8.27. The SMILES string of the molecule is CNc1nc(C#N)ncc1C. The highest BCUT2D eigenvalue weighted by Crippen LogP contribution is 2.07. The number of hydrogen-bond acceptors (Lipinski definition) is 4. The minimum absolute atomic E-state index is 0.194. The summed E-state index contributed by atoms with van der Waals surface area (Å²) >= 11 is 0. The number of nitriles is 1. The summed E-state index contributed by atoms with van der Waals surface area (Å²) < 4.78 is 0. The second kappa shape index (κ2) is 2.97. The first-order valence-corrected chi connectivity index (χ1v) is 3.19. The summed E-state index contributed by atoms with van der Waals surface area (Å²) in [6.45, 7) is 1.88. The summed E-state index contributed by atoms with van der Waals surface area (Å²) in [7, 11) is 1.76. The van der Waals surface area contributed by atoms with E-state index in [1.807, 2.05) is 13.0 Å². The highest BCUT2D eigenvalue weighted by molar-refractivity contribution is 5.42. The van der Waals surface area contributed by atoms with Gasteiger partial charge in [-0.2, -0.15) is 5.26 Å². The Morgan fingerprint density at radius 1 is 1.64 bits per heavy atom. The lowest BCUT2D eigenvalue weighted by molar-refractivity contribution is 1.08. The molecule has 0 aliphatic rings. The van der Waals surface area contributed by atoms with Gasteiger partial charge in [-0.3, -0.25) is 0 Å². The molecule has 4 nitrogen and oxygen atoms in total. The van der Waals surface area contributed by atoms with Crippen molar-refractivity contribution < 1.29 is 0 Å². The van der Waals surface area contributed by atoms with E-state index in [4.69, 9.17) is 5.26 Å². The van der Waals surface area contributed by atoms with Gasteiger partial charge in [-0.25, -0.2) is 9.97 Å². The molecule has 0 saturated carbocycles. The molecule has 0 radical (unpaired) electrons. The quantitative estimate of drug-likeness (QED) is 0.636. The van der Waals surface area contributed by atoms with E-state index in [-0.39, 0.29) is 5.82 Å². The highest BCUT2D eigenvalue weighted by atomic mass is 15.0. The Labute approximate surface area is 64.9 Å². The minimum Gasteiger partial charge on any atom is -0.373 e. The molecule has 0 aliphatic carbocycles. The Balaban J connectivity index is 3.15. The maximum absolute atomic E-state index is 8.45. The molecule has 0 atom stereocenters. The van der Waals surface area contributed by atoms with Crippen LogP contribution in [-0.2, 0) is 0 Å². The lowest BCUT2D eigenvalue weighted by Crippen LogP contribution is -1.99. The van der Waals surface area contributed by atoms with Crippen LogP contribution >= 0.6 is 0 Å². The van der Waals surface area contributed by atoms with Gasteiger partial charge in [0, 0.05) is 18.8 Å². The zero-order valence-electron chi connectivity index (χ0n) is 6.42. The largest absolute Gasteiger partial charge is 0.373 e. The molecule has 0 aliphatic heterocycles. The number of nitrogens with one attached hydrogen (secondary N) is 1. The van der Waals surface area contributed by atoms with E-state index in [0.717, 1.165) is 5.56 Å². The number of aryl methyl sites for hydroxylation is 1. The van der Waals surface area contributed by atoms with Crippen LogP contribution in [0.25, 0.3) is 0 Å². The second-order valence-electron chi connectivity index (χ2n) is 2.09. The molecule has 56 valence electrons. The first-order valence-electron chi connectivity index (χ1n) is 3.19. The van der Waals surface area contributed by atoms with Crippen molar-refractivity contribution in [1.29, 1.82) is 5.26 Å². The fourth-order valence-electron chi connectivity index (χ4n) is 0.749. The average molecular weight is 148 g/mol. The first kappa shape index (κ1) is 7.48. The Bertz CT molecular complexity index is 300. The second-order valence-corrected chi connectivity index (χ2v) is 2.09. The van der Waals surface area contributed by atoms with E-state index >= 15 is 0 Å². The number of anilines is 1. The number of aromatic nitrogens is 2. The molecule has 0 aromatic carbocycles. The lowest BCUT2D eigenvalue weighted by atomic mass is 10.3. The molecule has 1 heterocycles. The first-order chi connectivity index (χ1) is 5.27. The van der Waals surface area contributed by atoms with Gasteiger partial charge in [0.1, 0.15) is 11.9 Å². The van der Waals surface area contributed by atoms with Crippen molar-refractivity contribution in [2.24, 2.45) is 0 Å². The Hall–Kier alpha value is -1.63. The van der Waals surface area contributed by atoms with E-state index in [1.165, 1.54) is 0 Å². The molecule has 4 heteroatoms. The summed E-state index contributed by atoms with van der Waals surface area (Å²) in [5, 5.41) is 11.3. The van der Waals surface area contributed by atoms with Crippen molar-refractivity contribution in [1.82, 2.24) is 9.97 Å². The van der Waals surface area contributed by atoms with Gasteiger partial charge >= 0.3 is 0 Å². The van der Waals surface area contributed by atoms with Crippen molar-refractivity contribution in [2.75, 3.05) is 12.4 Å². The summed E-state index contributed by atoms with van der Waals surface area (Å²) in [5.74, 6) is 0.900. The molecule has 0 amide bonds. The molecule has 1 N–H and O–H groups in total. The van der Waals surface area contributed by atoms with Crippen LogP contribution in [0.3, 0.4) is 0 Å². The van der Waals surface area contributed by atoms with E-state index in [1.54, 1.807) is 13.2 Å². The van der Waals surface area contributed by atoms with E-state index in [9.17, 15) is 0 Å². The smallest absolute Gasteiger partial charge is 0.234 e. The third-order valence-electron chi connectivity index (χ3n) is 1.31. The third-order valence-corrected chi connectivity index (χ3v) is 1.31. The van der Waals surface area contributed by atoms with Gasteiger partial charge in [-0.15, -0.1) is 0 Å². The van der Waals surface area contributed by atoms with Gasteiger partial charge in [-0.05, 0) is 6.92 Å². The van der Waals surface area contributed by atoms with Crippen molar-refractivity contribution in [3.63, 3.8) is 0 Å². The molecule has 11 heavy (non-hydrogen) atoms. The number of rotatable bonds is 1. The van der Waals surface area contributed by atoms with Crippen molar-refractivity contribution >= 4 is 5.82 Å². The average Bonchev–Trinajstić information content (AvgIpc) is 2.05. The van der Waals surface area contributed by atoms with Crippen LogP contribution in [0.2, 0.25) is 0 Å². The molecule has 0 spiro atoms. The molecule has 1 rings (SSSR count). The molecule has 0 bridgehead atoms. The van der Waals surface area contributed by atoms with E-state index < -0.39 is 0 Å². The van der Waals surface area contributed by atoms with Crippen LogP contribution in [0.5, 0.6) is 0 Å². The van der Waals surface area contributed by atoms with Crippen molar-refractivity contribution in [2.45, 2.75) is 6.92 Å². The maximum atomic E-state index is 8.45. The van der Waals surface area contributed by atoms with Crippen molar-refractivity contribution in [3.05, 3.63) is 17.6 Å². The molecule has 0 unspecified atom stereocenters. The standard InChI is InChI=1S/C7H8N4/c1-5-4-10-6(3-8)11-7(5)9-2/h4H,1-2H3,(H,9,10,11). The summed E-state index contributed by atoms with van der Waals surface area (Å²) in [4.78, 5) is 7.72. The van der Waals surface area contributed by atoms with Crippen LogP contribution in [-0.4, -0.2) is 17.0 Å². The summed E-state index contributed by atoms with van der Waals surface area (Å²) in [6.07, 6.45) is 1.62. The maximum Gasteiger partial charge on any atom is 0.234 e. The molecular formula is C7H8N4. The van der Waals surface area contributed by atoms with E-state index in [0.29, 0.717) is 5.82 Å². The fourth-order valence-corrected chi connectivity index (χ4v) is 0.749. The predicted octanol–water partition coefficient (Wildman–Crippen LogP) is 0.698. The predicted molar refractivity (Wildman–Crippen MR) is 41.0 cm³/mol. The van der Waals surface area contributed by atoms with Crippen LogP contribution in [0.15, 0.2) is 6.20 Å². The van der Waals surface area contributed by atoms with Gasteiger partial charge in [0.05, 0.1) is 0 Å². The Kier molecular flexibility index (Phi) is 2.02. The van der Waals surface area contributed by atoms with Crippen LogP contribution < -0.4 is 5.32 Å². The van der Waals surface area contributed by atoms with Gasteiger partial charge < -0.3 is 5.32 Å². The van der Waals surface area contributed by atoms with Gasteiger partial charge in [-0.1, -0.05) is 0 Å². The van der Waals surface area contributed by atoms with Crippen LogP contribution in [0, 0.1) is 18.3 Å². The normalized spacial score (nSPS) is 8.82. The molecule has 1 aromatic heterocycles. The third kappa shape index (κ3) is 1.44.